The van der Waals surface area contributed by atoms with Crippen molar-refractivity contribution >= 4 is 11.0 Å². The van der Waals surface area contributed by atoms with Gasteiger partial charge in [-0.05, 0) is 56.2 Å². The number of nitrogens with zero attached hydrogens (tertiary/aromatic N) is 2. The van der Waals surface area contributed by atoms with Crippen molar-refractivity contribution in [1.82, 2.24) is 15.1 Å². The fourth-order valence-electron chi connectivity index (χ4n) is 4.31. The van der Waals surface area contributed by atoms with Crippen LogP contribution in [0.25, 0.3) is 22.2 Å². The summed E-state index contributed by atoms with van der Waals surface area (Å²) in [7, 11) is 0. The molecule has 0 unspecified atom stereocenters. The van der Waals surface area contributed by atoms with Crippen LogP contribution >= 0.6 is 0 Å². The van der Waals surface area contributed by atoms with Crippen LogP contribution in [0.3, 0.4) is 0 Å². The molecule has 0 spiro atoms. The van der Waals surface area contributed by atoms with E-state index in [1.807, 2.05) is 47.6 Å². The molecule has 2 aromatic heterocycles. The molecule has 1 N–H and O–H groups in total. The van der Waals surface area contributed by atoms with Crippen LogP contribution in [0.1, 0.15) is 69.3 Å². The minimum atomic E-state index is -1.47. The molecule has 1 fully saturated rings. The zero-order valence-electron chi connectivity index (χ0n) is 17.0. The van der Waals surface area contributed by atoms with Crippen molar-refractivity contribution in [3.63, 3.8) is 0 Å². The number of imidazole rings is 1. The number of rotatable bonds is 5. The summed E-state index contributed by atoms with van der Waals surface area (Å²) >= 11 is 0. The summed E-state index contributed by atoms with van der Waals surface area (Å²) in [5, 5.41) is 4.08. The van der Waals surface area contributed by atoms with Crippen LogP contribution < -0.4 is 0 Å². The van der Waals surface area contributed by atoms with Crippen LogP contribution in [0, 0.1) is 25.7 Å². The van der Waals surface area contributed by atoms with E-state index in [1.54, 1.807) is 0 Å². The van der Waals surface area contributed by atoms with Crippen LogP contribution in [-0.2, 0) is 5.67 Å². The monoisotopic (exact) mass is 369 g/mol. The minimum absolute atomic E-state index is 0.165. The van der Waals surface area contributed by atoms with Gasteiger partial charge in [-0.3, -0.25) is 0 Å². The van der Waals surface area contributed by atoms with E-state index < -0.39 is 5.67 Å². The van der Waals surface area contributed by atoms with Gasteiger partial charge in [-0.25, -0.2) is 9.37 Å². The van der Waals surface area contributed by atoms with Gasteiger partial charge in [0.15, 0.2) is 0 Å². The lowest BCUT2D eigenvalue weighted by atomic mass is 9.75. The zero-order valence-corrected chi connectivity index (χ0v) is 17.0. The van der Waals surface area contributed by atoms with E-state index in [1.165, 1.54) is 0 Å². The van der Waals surface area contributed by atoms with E-state index >= 15 is 4.39 Å². The Hall–Kier alpha value is -2.17. The van der Waals surface area contributed by atoms with Crippen molar-refractivity contribution in [2.45, 2.75) is 66.0 Å². The number of fused-ring (bicyclic) bond motifs is 1. The normalized spacial score (nSPS) is 15.4. The molecular weight excluding hydrogens is 341 g/mol. The standard InChI is InChI=1S/C22H28FN3O/c1-11(2)22(23,12(3)4)17-9-16(19-13(5)26-27-14(19)6)10-18-20(17)25-21(24-18)15-7-8-15/h9-12,15H,7-8H2,1-6H3,(H,24,25). The van der Waals surface area contributed by atoms with Crippen LogP contribution in [0.5, 0.6) is 0 Å². The van der Waals surface area contributed by atoms with Crippen molar-refractivity contribution in [2.75, 3.05) is 0 Å². The molecule has 1 aliphatic rings. The smallest absolute Gasteiger partial charge is 0.142 e. The average Bonchev–Trinajstić information content (AvgIpc) is 3.29. The Morgan fingerprint density at radius 1 is 1.15 bits per heavy atom. The van der Waals surface area contributed by atoms with Crippen molar-refractivity contribution in [3.8, 4) is 11.1 Å². The molecule has 0 radical (unpaired) electrons. The van der Waals surface area contributed by atoms with Gasteiger partial charge in [0.05, 0.1) is 16.7 Å². The van der Waals surface area contributed by atoms with E-state index in [-0.39, 0.29) is 11.8 Å². The number of hydrogen-bond acceptors (Lipinski definition) is 3. The SMILES string of the molecule is Cc1noc(C)c1-c1cc(C(F)(C(C)C)C(C)C)c2nc(C3CC3)[nH]c2c1. The molecule has 0 atom stereocenters. The summed E-state index contributed by atoms with van der Waals surface area (Å²) in [4.78, 5) is 8.30. The summed E-state index contributed by atoms with van der Waals surface area (Å²) in [6.07, 6.45) is 2.31. The van der Waals surface area contributed by atoms with Crippen LogP contribution in [-0.4, -0.2) is 15.1 Å². The van der Waals surface area contributed by atoms with Crippen LogP contribution in [0.4, 0.5) is 4.39 Å². The lowest BCUT2D eigenvalue weighted by Crippen LogP contribution is -2.33. The van der Waals surface area contributed by atoms with Gasteiger partial charge in [0.1, 0.15) is 17.3 Å². The Morgan fingerprint density at radius 2 is 1.81 bits per heavy atom. The number of hydrogen-bond donors (Lipinski definition) is 1. The van der Waals surface area contributed by atoms with E-state index in [2.05, 4.69) is 16.2 Å². The number of nitrogens with one attached hydrogen (secondary N) is 1. The average molecular weight is 369 g/mol. The largest absolute Gasteiger partial charge is 0.361 e. The van der Waals surface area contributed by atoms with Gasteiger partial charge in [-0.15, -0.1) is 0 Å². The second-order valence-corrected chi connectivity index (χ2v) is 8.59. The highest BCUT2D eigenvalue weighted by Gasteiger charge is 2.42. The highest BCUT2D eigenvalue weighted by Crippen LogP contribution is 2.47. The minimum Gasteiger partial charge on any atom is -0.361 e. The summed E-state index contributed by atoms with van der Waals surface area (Å²) < 4.78 is 21.8. The maximum Gasteiger partial charge on any atom is 0.142 e. The van der Waals surface area contributed by atoms with Crippen LogP contribution in [0.2, 0.25) is 0 Å². The summed E-state index contributed by atoms with van der Waals surface area (Å²) in [5.41, 5.74) is 3.55. The summed E-state index contributed by atoms with van der Waals surface area (Å²) in [6.45, 7) is 11.6. The van der Waals surface area contributed by atoms with E-state index in [9.17, 15) is 0 Å². The van der Waals surface area contributed by atoms with Gasteiger partial charge in [0, 0.05) is 17.0 Å². The summed E-state index contributed by atoms with van der Waals surface area (Å²) in [6, 6.07) is 4.03. The van der Waals surface area contributed by atoms with Gasteiger partial charge in [0.2, 0.25) is 0 Å². The Balaban J connectivity index is 2.03. The van der Waals surface area contributed by atoms with Crippen molar-refractivity contribution in [1.29, 1.82) is 0 Å². The third kappa shape index (κ3) is 2.79. The molecular formula is C22H28FN3O. The fraction of sp³-hybridized carbons (Fsp3) is 0.545. The molecule has 4 rings (SSSR count). The second-order valence-electron chi connectivity index (χ2n) is 8.59. The maximum atomic E-state index is 16.5. The highest BCUT2D eigenvalue weighted by atomic mass is 19.1. The van der Waals surface area contributed by atoms with Crippen molar-refractivity contribution < 1.29 is 8.91 Å². The Labute approximate surface area is 159 Å². The van der Waals surface area contributed by atoms with Gasteiger partial charge < -0.3 is 9.51 Å². The molecule has 144 valence electrons. The molecule has 3 aromatic rings. The Morgan fingerprint density at radius 3 is 2.33 bits per heavy atom. The molecule has 1 aliphatic carbocycles. The van der Waals surface area contributed by atoms with Crippen molar-refractivity contribution in [2.24, 2.45) is 11.8 Å². The number of aromatic amines is 1. The number of aromatic nitrogens is 3. The highest BCUT2D eigenvalue weighted by molar-refractivity contribution is 5.87. The zero-order chi connectivity index (χ0) is 19.5. The number of halogens is 1. The maximum absolute atomic E-state index is 16.5. The Bertz CT molecular complexity index is 967. The molecule has 5 heteroatoms. The molecule has 0 aliphatic heterocycles. The number of benzene rings is 1. The number of H-pyrrole nitrogens is 1. The lowest BCUT2D eigenvalue weighted by Gasteiger charge is -2.34. The first-order valence-electron chi connectivity index (χ1n) is 9.89. The van der Waals surface area contributed by atoms with Gasteiger partial charge in [-0.2, -0.15) is 0 Å². The first kappa shape index (κ1) is 18.2. The molecule has 4 nitrogen and oxygen atoms in total. The predicted octanol–water partition coefficient (Wildman–Crippen LogP) is 6.19. The topological polar surface area (TPSA) is 54.7 Å². The first-order valence-corrected chi connectivity index (χ1v) is 9.89. The fourth-order valence-corrected chi connectivity index (χ4v) is 4.31. The van der Waals surface area contributed by atoms with E-state index in [0.717, 1.165) is 52.3 Å². The first-order chi connectivity index (χ1) is 12.7. The molecule has 0 amide bonds. The van der Waals surface area contributed by atoms with Gasteiger partial charge in [0.25, 0.3) is 0 Å². The molecule has 1 saturated carbocycles. The van der Waals surface area contributed by atoms with E-state index in [4.69, 9.17) is 9.51 Å². The Kier molecular flexibility index (Phi) is 4.17. The van der Waals surface area contributed by atoms with Gasteiger partial charge >= 0.3 is 0 Å². The number of aryl methyl sites for hydroxylation is 2. The second kappa shape index (κ2) is 6.18. The number of alkyl halides is 1. The van der Waals surface area contributed by atoms with Gasteiger partial charge in [-0.1, -0.05) is 32.9 Å². The molecule has 0 bridgehead atoms. The van der Waals surface area contributed by atoms with Crippen molar-refractivity contribution in [3.05, 3.63) is 35.0 Å². The third-order valence-corrected chi connectivity index (χ3v) is 5.98. The molecule has 2 heterocycles. The molecule has 1 aromatic carbocycles. The molecule has 0 saturated heterocycles. The molecule has 27 heavy (non-hydrogen) atoms. The van der Waals surface area contributed by atoms with E-state index in [0.29, 0.717) is 11.5 Å². The predicted molar refractivity (Wildman–Crippen MR) is 106 cm³/mol. The lowest BCUT2D eigenvalue weighted by molar-refractivity contribution is 0.0443. The van der Waals surface area contributed by atoms with Crippen LogP contribution in [0.15, 0.2) is 16.7 Å². The summed E-state index contributed by atoms with van der Waals surface area (Å²) in [5.74, 6) is 1.89. The third-order valence-electron chi connectivity index (χ3n) is 5.98. The quantitative estimate of drug-likeness (QED) is 0.583.